The van der Waals surface area contributed by atoms with Gasteiger partial charge in [0.05, 0.1) is 18.5 Å². The van der Waals surface area contributed by atoms with Gasteiger partial charge < -0.3 is 9.83 Å². The van der Waals surface area contributed by atoms with Gasteiger partial charge in [-0.05, 0) is 17.7 Å². The van der Waals surface area contributed by atoms with Crippen LogP contribution in [0.15, 0.2) is 52.7 Å². The molecule has 7 heteroatoms. The van der Waals surface area contributed by atoms with Gasteiger partial charge >= 0.3 is 0 Å². The second-order valence-corrected chi connectivity index (χ2v) is 5.63. The van der Waals surface area contributed by atoms with E-state index in [0.717, 1.165) is 16.8 Å². The Morgan fingerprint density at radius 3 is 3.09 bits per heavy atom. The lowest BCUT2D eigenvalue weighted by atomic mass is 10.0. The van der Waals surface area contributed by atoms with Gasteiger partial charge in [0.15, 0.2) is 6.39 Å². The molecule has 4 rings (SSSR count). The van der Waals surface area contributed by atoms with Crippen molar-refractivity contribution in [1.29, 1.82) is 5.41 Å². The zero-order valence-corrected chi connectivity index (χ0v) is 12.2. The molecule has 0 radical (unpaired) electrons. The lowest BCUT2D eigenvalue weighted by molar-refractivity contribution is 0.554. The fraction of sp³-hybridized carbons (Fsp3) is 0.200. The van der Waals surface area contributed by atoms with Crippen LogP contribution in [0.25, 0.3) is 5.57 Å². The molecular formula is C15H12ClN5O. The van der Waals surface area contributed by atoms with E-state index < -0.39 is 0 Å². The summed E-state index contributed by atoms with van der Waals surface area (Å²) in [6.45, 7) is 0.570. The Bertz CT molecular complexity index is 815. The van der Waals surface area contributed by atoms with E-state index >= 15 is 0 Å². The Hall–Kier alpha value is -2.47. The summed E-state index contributed by atoms with van der Waals surface area (Å²) in [4.78, 5) is 8.42. The van der Waals surface area contributed by atoms with Gasteiger partial charge in [0.25, 0.3) is 0 Å². The van der Waals surface area contributed by atoms with Crippen molar-refractivity contribution in [1.82, 2.24) is 14.8 Å². The predicted molar refractivity (Wildman–Crippen MR) is 83.2 cm³/mol. The first-order chi connectivity index (χ1) is 10.7. The molecule has 2 atom stereocenters. The molecule has 2 aromatic rings. The molecule has 3 heterocycles. The lowest BCUT2D eigenvalue weighted by Crippen LogP contribution is -2.23. The first kappa shape index (κ1) is 13.2. The summed E-state index contributed by atoms with van der Waals surface area (Å²) in [5.41, 5.74) is 3.51. The maximum absolute atomic E-state index is 7.97. The number of allylic oxidation sites excluding steroid dienone is 1. The fourth-order valence-electron chi connectivity index (χ4n) is 2.55. The fourth-order valence-corrected chi connectivity index (χ4v) is 2.72. The third kappa shape index (κ3) is 2.42. The standard InChI is InChI=1S/C15H12ClN5O/c16-14-2-1-13(17)15(20-14)12-3-11(12)9-4-19-21(5-9)6-10-7-22-8-18-10/h1-5,7-8,12,15,17H,6H2. The second-order valence-electron chi connectivity index (χ2n) is 5.24. The number of hydrogen-bond acceptors (Lipinski definition) is 5. The van der Waals surface area contributed by atoms with E-state index in [4.69, 9.17) is 21.4 Å². The van der Waals surface area contributed by atoms with Gasteiger partial charge in [0.2, 0.25) is 0 Å². The van der Waals surface area contributed by atoms with Gasteiger partial charge in [0.1, 0.15) is 23.2 Å². The van der Waals surface area contributed by atoms with Crippen LogP contribution in [-0.4, -0.2) is 31.7 Å². The summed E-state index contributed by atoms with van der Waals surface area (Å²) in [5.74, 6) is 0.135. The Balaban J connectivity index is 1.46. The van der Waals surface area contributed by atoms with Crippen LogP contribution >= 0.6 is 11.6 Å². The van der Waals surface area contributed by atoms with E-state index in [1.54, 1.807) is 18.4 Å². The molecule has 1 aliphatic heterocycles. The van der Waals surface area contributed by atoms with E-state index in [9.17, 15) is 0 Å². The minimum absolute atomic E-state index is 0.135. The van der Waals surface area contributed by atoms with Crippen LogP contribution in [0.3, 0.4) is 0 Å². The van der Waals surface area contributed by atoms with Crippen LogP contribution in [0.1, 0.15) is 11.3 Å². The number of nitrogens with one attached hydrogen (secondary N) is 1. The molecule has 6 nitrogen and oxygen atoms in total. The number of nitrogens with zero attached hydrogens (tertiary/aromatic N) is 4. The van der Waals surface area contributed by atoms with E-state index in [2.05, 4.69) is 21.2 Å². The van der Waals surface area contributed by atoms with Crippen LogP contribution in [0.5, 0.6) is 0 Å². The average molecular weight is 314 g/mol. The Kier molecular flexibility index (Phi) is 3.04. The third-order valence-electron chi connectivity index (χ3n) is 3.70. The molecule has 0 spiro atoms. The van der Waals surface area contributed by atoms with E-state index in [1.807, 2.05) is 17.1 Å². The molecule has 1 N–H and O–H groups in total. The molecule has 0 bridgehead atoms. The number of rotatable bonds is 4. The first-order valence-corrected chi connectivity index (χ1v) is 7.20. The summed E-state index contributed by atoms with van der Waals surface area (Å²) in [6.07, 6.45) is 12.3. The summed E-state index contributed by atoms with van der Waals surface area (Å²) in [7, 11) is 0. The number of aromatic nitrogens is 3. The predicted octanol–water partition coefficient (Wildman–Crippen LogP) is 2.53. The van der Waals surface area contributed by atoms with Gasteiger partial charge in [0, 0.05) is 17.7 Å². The maximum atomic E-state index is 7.97. The van der Waals surface area contributed by atoms with Crippen molar-refractivity contribution in [3.8, 4) is 0 Å². The molecule has 2 unspecified atom stereocenters. The molecule has 110 valence electrons. The Morgan fingerprint density at radius 2 is 2.27 bits per heavy atom. The van der Waals surface area contributed by atoms with E-state index in [0.29, 0.717) is 17.4 Å². The molecule has 0 aromatic carbocycles. The average Bonchev–Trinajstić information content (AvgIpc) is 2.91. The van der Waals surface area contributed by atoms with Crippen LogP contribution < -0.4 is 0 Å². The number of dihydropyridines is 1. The lowest BCUT2D eigenvalue weighted by Gasteiger charge is -2.15. The van der Waals surface area contributed by atoms with Crippen LogP contribution in [0, 0.1) is 11.3 Å². The number of aliphatic imine (C=N–C) groups is 1. The van der Waals surface area contributed by atoms with Crippen LogP contribution in [0.4, 0.5) is 0 Å². The smallest absolute Gasteiger partial charge is 0.180 e. The highest BCUT2D eigenvalue weighted by Crippen LogP contribution is 2.42. The monoisotopic (exact) mass is 313 g/mol. The molecule has 1 aliphatic carbocycles. The molecule has 0 amide bonds. The summed E-state index contributed by atoms with van der Waals surface area (Å²) in [6, 6.07) is -0.216. The van der Waals surface area contributed by atoms with Crippen molar-refractivity contribution in [2.75, 3.05) is 0 Å². The largest absolute Gasteiger partial charge is 0.451 e. The first-order valence-electron chi connectivity index (χ1n) is 6.82. The molecule has 0 saturated carbocycles. The summed E-state index contributed by atoms with van der Waals surface area (Å²) >= 11 is 5.94. The minimum Gasteiger partial charge on any atom is -0.451 e. The molecule has 22 heavy (non-hydrogen) atoms. The molecule has 2 aliphatic rings. The third-order valence-corrected chi connectivity index (χ3v) is 3.93. The highest BCUT2D eigenvalue weighted by Gasteiger charge is 2.37. The number of oxazole rings is 1. The summed E-state index contributed by atoms with van der Waals surface area (Å²) < 4.78 is 6.76. The molecular weight excluding hydrogens is 302 g/mol. The Morgan fingerprint density at radius 1 is 1.36 bits per heavy atom. The minimum atomic E-state index is -0.216. The van der Waals surface area contributed by atoms with Gasteiger partial charge in [-0.25, -0.2) is 4.98 Å². The summed E-state index contributed by atoms with van der Waals surface area (Å²) in [5, 5.41) is 12.7. The normalized spacial score (nSPS) is 23.4. The quantitative estimate of drug-likeness (QED) is 0.941. The van der Waals surface area contributed by atoms with Crippen molar-refractivity contribution < 1.29 is 4.42 Å². The molecule has 2 aromatic heterocycles. The van der Waals surface area contributed by atoms with Crippen molar-refractivity contribution in [3.63, 3.8) is 0 Å². The second kappa shape index (κ2) is 5.06. The zero-order valence-electron chi connectivity index (χ0n) is 11.5. The van der Waals surface area contributed by atoms with Crippen molar-refractivity contribution in [3.05, 3.63) is 54.5 Å². The topological polar surface area (TPSA) is 80.1 Å². The van der Waals surface area contributed by atoms with Crippen molar-refractivity contribution in [2.45, 2.75) is 12.6 Å². The molecule has 0 saturated heterocycles. The number of halogens is 1. The highest BCUT2D eigenvalue weighted by atomic mass is 35.5. The van der Waals surface area contributed by atoms with Crippen molar-refractivity contribution >= 4 is 28.1 Å². The van der Waals surface area contributed by atoms with Gasteiger partial charge in [-0.3, -0.25) is 9.67 Å². The van der Waals surface area contributed by atoms with Gasteiger partial charge in [-0.15, -0.1) is 0 Å². The SMILES string of the molecule is N=C1C=CC(Cl)=NC1C1C=C1c1cnn(Cc2cocn2)c1. The van der Waals surface area contributed by atoms with Crippen LogP contribution in [0.2, 0.25) is 0 Å². The van der Waals surface area contributed by atoms with E-state index in [1.165, 1.54) is 6.39 Å². The molecule has 0 fully saturated rings. The Labute approximate surface area is 131 Å². The van der Waals surface area contributed by atoms with Crippen LogP contribution in [-0.2, 0) is 6.54 Å². The van der Waals surface area contributed by atoms with Gasteiger partial charge in [-0.1, -0.05) is 17.7 Å². The zero-order chi connectivity index (χ0) is 15.1. The maximum Gasteiger partial charge on any atom is 0.180 e. The highest BCUT2D eigenvalue weighted by molar-refractivity contribution is 6.69. The van der Waals surface area contributed by atoms with Crippen molar-refractivity contribution in [2.24, 2.45) is 10.9 Å². The van der Waals surface area contributed by atoms with E-state index in [-0.39, 0.29) is 12.0 Å². The number of hydrogen-bond donors (Lipinski definition) is 1. The van der Waals surface area contributed by atoms with Gasteiger partial charge in [-0.2, -0.15) is 5.10 Å².